The molecular weight excluding hydrogens is 272 g/mol. The SMILES string of the molecule is Nc1c(-c2c(F)cccc2F)ncn1Cc1ccccc1. The fourth-order valence-corrected chi connectivity index (χ4v) is 2.21. The molecule has 0 spiro atoms. The Morgan fingerprint density at radius 1 is 0.952 bits per heavy atom. The highest BCUT2D eigenvalue weighted by atomic mass is 19.1. The van der Waals surface area contributed by atoms with Gasteiger partial charge in [0.05, 0.1) is 18.4 Å². The Labute approximate surface area is 120 Å². The van der Waals surface area contributed by atoms with Crippen LogP contribution in [0.4, 0.5) is 14.6 Å². The quantitative estimate of drug-likeness (QED) is 0.801. The molecule has 0 atom stereocenters. The molecule has 21 heavy (non-hydrogen) atoms. The summed E-state index contributed by atoms with van der Waals surface area (Å²) in [5.41, 5.74) is 6.95. The Balaban J connectivity index is 2.00. The van der Waals surface area contributed by atoms with Crippen molar-refractivity contribution >= 4 is 5.82 Å². The first-order chi connectivity index (χ1) is 10.2. The van der Waals surface area contributed by atoms with Gasteiger partial charge in [0.1, 0.15) is 23.1 Å². The molecule has 3 nitrogen and oxygen atoms in total. The Kier molecular flexibility index (Phi) is 3.39. The van der Waals surface area contributed by atoms with Crippen LogP contribution in [0, 0.1) is 11.6 Å². The Bertz CT molecular complexity index is 746. The van der Waals surface area contributed by atoms with Gasteiger partial charge in [-0.3, -0.25) is 0 Å². The maximum absolute atomic E-state index is 13.8. The fourth-order valence-electron chi connectivity index (χ4n) is 2.21. The molecule has 1 aromatic heterocycles. The molecule has 0 bridgehead atoms. The number of rotatable bonds is 3. The lowest BCUT2D eigenvalue weighted by molar-refractivity contribution is 0.589. The van der Waals surface area contributed by atoms with E-state index >= 15 is 0 Å². The molecule has 2 N–H and O–H groups in total. The highest BCUT2D eigenvalue weighted by molar-refractivity contribution is 5.71. The van der Waals surface area contributed by atoms with E-state index in [9.17, 15) is 8.78 Å². The van der Waals surface area contributed by atoms with Crippen molar-refractivity contribution in [2.24, 2.45) is 0 Å². The predicted octanol–water partition coefficient (Wildman–Crippen LogP) is 3.46. The molecule has 0 saturated heterocycles. The largest absolute Gasteiger partial charge is 0.383 e. The summed E-state index contributed by atoms with van der Waals surface area (Å²) in [6.07, 6.45) is 1.49. The third-order valence-electron chi connectivity index (χ3n) is 3.27. The molecule has 0 radical (unpaired) electrons. The summed E-state index contributed by atoms with van der Waals surface area (Å²) in [6, 6.07) is 13.3. The first-order valence-corrected chi connectivity index (χ1v) is 6.45. The van der Waals surface area contributed by atoms with Crippen LogP contribution in [0.3, 0.4) is 0 Å². The van der Waals surface area contributed by atoms with Crippen molar-refractivity contribution in [3.63, 3.8) is 0 Å². The van der Waals surface area contributed by atoms with Gasteiger partial charge in [-0.25, -0.2) is 13.8 Å². The van der Waals surface area contributed by atoms with Crippen molar-refractivity contribution in [2.75, 3.05) is 5.73 Å². The summed E-state index contributed by atoms with van der Waals surface area (Å²) in [6.45, 7) is 0.496. The first-order valence-electron chi connectivity index (χ1n) is 6.45. The van der Waals surface area contributed by atoms with Crippen LogP contribution >= 0.6 is 0 Å². The second-order valence-electron chi connectivity index (χ2n) is 4.69. The van der Waals surface area contributed by atoms with Gasteiger partial charge >= 0.3 is 0 Å². The third-order valence-corrected chi connectivity index (χ3v) is 3.27. The minimum Gasteiger partial charge on any atom is -0.383 e. The average Bonchev–Trinajstić information content (AvgIpc) is 2.82. The van der Waals surface area contributed by atoms with E-state index in [-0.39, 0.29) is 17.1 Å². The van der Waals surface area contributed by atoms with Crippen LogP contribution < -0.4 is 5.73 Å². The predicted molar refractivity (Wildman–Crippen MR) is 77.5 cm³/mol. The molecule has 2 aromatic carbocycles. The van der Waals surface area contributed by atoms with Gasteiger partial charge < -0.3 is 10.3 Å². The van der Waals surface area contributed by atoms with E-state index in [4.69, 9.17) is 5.73 Å². The Morgan fingerprint density at radius 3 is 2.29 bits per heavy atom. The number of nitrogen functional groups attached to an aromatic ring is 1. The van der Waals surface area contributed by atoms with Crippen LogP contribution in [0.15, 0.2) is 54.9 Å². The molecule has 3 aromatic rings. The van der Waals surface area contributed by atoms with Gasteiger partial charge in [-0.2, -0.15) is 0 Å². The zero-order chi connectivity index (χ0) is 14.8. The van der Waals surface area contributed by atoms with E-state index in [1.807, 2.05) is 30.3 Å². The number of nitrogens with zero attached hydrogens (tertiary/aromatic N) is 2. The molecule has 0 aliphatic carbocycles. The molecular formula is C16H13F2N3. The number of hydrogen-bond donors (Lipinski definition) is 1. The van der Waals surface area contributed by atoms with Gasteiger partial charge in [-0.15, -0.1) is 0 Å². The summed E-state index contributed by atoms with van der Waals surface area (Å²) < 4.78 is 29.3. The monoisotopic (exact) mass is 285 g/mol. The van der Waals surface area contributed by atoms with Crippen LogP contribution in [0.25, 0.3) is 11.3 Å². The summed E-state index contributed by atoms with van der Waals surface area (Å²) in [5.74, 6) is -1.11. The van der Waals surface area contributed by atoms with Crippen LogP contribution in [0.5, 0.6) is 0 Å². The van der Waals surface area contributed by atoms with Crippen LogP contribution in [-0.2, 0) is 6.54 Å². The number of halogens is 2. The fraction of sp³-hybridized carbons (Fsp3) is 0.0625. The lowest BCUT2D eigenvalue weighted by atomic mass is 10.1. The number of aromatic nitrogens is 2. The molecule has 3 rings (SSSR count). The minimum atomic E-state index is -0.674. The Morgan fingerprint density at radius 2 is 1.62 bits per heavy atom. The number of benzene rings is 2. The van der Waals surface area contributed by atoms with Gasteiger partial charge in [0.25, 0.3) is 0 Å². The van der Waals surface area contributed by atoms with Crippen molar-refractivity contribution < 1.29 is 8.78 Å². The van der Waals surface area contributed by atoms with Crippen LogP contribution in [-0.4, -0.2) is 9.55 Å². The van der Waals surface area contributed by atoms with E-state index in [2.05, 4.69) is 4.98 Å². The minimum absolute atomic E-state index is 0.126. The maximum atomic E-state index is 13.8. The molecule has 0 amide bonds. The lowest BCUT2D eigenvalue weighted by Gasteiger charge is -2.07. The van der Waals surface area contributed by atoms with E-state index in [0.717, 1.165) is 5.56 Å². The number of imidazole rings is 1. The van der Waals surface area contributed by atoms with E-state index in [1.54, 1.807) is 4.57 Å². The lowest BCUT2D eigenvalue weighted by Crippen LogP contribution is -2.04. The molecule has 0 unspecified atom stereocenters. The summed E-state index contributed by atoms with van der Waals surface area (Å²) in [4.78, 5) is 4.06. The number of nitrogens with two attached hydrogens (primary N) is 1. The summed E-state index contributed by atoms with van der Waals surface area (Å²) in [5, 5.41) is 0. The van der Waals surface area contributed by atoms with E-state index in [1.165, 1.54) is 24.5 Å². The maximum Gasteiger partial charge on any atom is 0.135 e. The molecule has 1 heterocycles. The smallest absolute Gasteiger partial charge is 0.135 e. The molecule has 0 fully saturated rings. The van der Waals surface area contributed by atoms with E-state index in [0.29, 0.717) is 6.54 Å². The summed E-state index contributed by atoms with van der Waals surface area (Å²) >= 11 is 0. The van der Waals surface area contributed by atoms with Crippen molar-refractivity contribution in [3.8, 4) is 11.3 Å². The second-order valence-corrected chi connectivity index (χ2v) is 4.69. The van der Waals surface area contributed by atoms with Crippen molar-refractivity contribution in [1.29, 1.82) is 0 Å². The first kappa shape index (κ1) is 13.3. The van der Waals surface area contributed by atoms with Gasteiger partial charge in [0, 0.05) is 0 Å². The zero-order valence-electron chi connectivity index (χ0n) is 11.1. The molecule has 0 aliphatic heterocycles. The molecule has 0 saturated carbocycles. The standard InChI is InChI=1S/C16H13F2N3/c17-12-7-4-8-13(18)14(12)15-16(19)21(10-20-15)9-11-5-2-1-3-6-11/h1-8,10H,9,19H2. The van der Waals surface area contributed by atoms with Gasteiger partial charge in [0.2, 0.25) is 0 Å². The summed E-state index contributed by atoms with van der Waals surface area (Å²) in [7, 11) is 0. The zero-order valence-corrected chi connectivity index (χ0v) is 11.1. The highest BCUT2D eigenvalue weighted by Crippen LogP contribution is 2.29. The molecule has 106 valence electrons. The normalized spacial score (nSPS) is 10.8. The van der Waals surface area contributed by atoms with Crippen LogP contribution in [0.1, 0.15) is 5.56 Å². The van der Waals surface area contributed by atoms with Crippen molar-refractivity contribution in [3.05, 3.63) is 72.1 Å². The number of hydrogen-bond acceptors (Lipinski definition) is 2. The molecule has 0 aliphatic rings. The van der Waals surface area contributed by atoms with Crippen molar-refractivity contribution in [2.45, 2.75) is 6.54 Å². The van der Waals surface area contributed by atoms with Gasteiger partial charge in [-0.1, -0.05) is 36.4 Å². The molecule has 5 heteroatoms. The second kappa shape index (κ2) is 5.36. The van der Waals surface area contributed by atoms with Crippen LogP contribution in [0.2, 0.25) is 0 Å². The van der Waals surface area contributed by atoms with Gasteiger partial charge in [-0.05, 0) is 17.7 Å². The third kappa shape index (κ3) is 2.50. The number of anilines is 1. The van der Waals surface area contributed by atoms with Gasteiger partial charge in [0.15, 0.2) is 0 Å². The average molecular weight is 285 g/mol. The highest BCUT2D eigenvalue weighted by Gasteiger charge is 2.18. The topological polar surface area (TPSA) is 43.8 Å². The van der Waals surface area contributed by atoms with Crippen molar-refractivity contribution in [1.82, 2.24) is 9.55 Å². The van der Waals surface area contributed by atoms with E-state index < -0.39 is 11.6 Å². The Hall–Kier alpha value is -2.69.